The lowest BCUT2D eigenvalue weighted by atomic mass is 10.0. The van der Waals surface area contributed by atoms with Gasteiger partial charge in [-0.15, -0.1) is 0 Å². The van der Waals surface area contributed by atoms with Gasteiger partial charge in [-0.1, -0.05) is 13.8 Å². The van der Waals surface area contributed by atoms with Gasteiger partial charge in [-0.3, -0.25) is 0 Å². The normalized spacial score (nSPS) is 12.8. The summed E-state index contributed by atoms with van der Waals surface area (Å²) in [6.45, 7) is 6.32. The Balaban J connectivity index is 3.21. The van der Waals surface area contributed by atoms with E-state index in [1.165, 1.54) is 12.1 Å². The summed E-state index contributed by atoms with van der Waals surface area (Å²) in [5.41, 5.74) is 1.37. The second-order valence-corrected chi connectivity index (χ2v) is 4.77. The first-order chi connectivity index (χ1) is 9.04. The quantitative estimate of drug-likeness (QED) is 0.800. The standard InChI is InChI=1S/C15H24FNO2/c1-4-13(5-2)17(8-9-18)15-7-6-12(16)10-14(15)11(3)19/h6-7,10-11,13,18-19H,4-5,8-9H2,1-3H3/t11-/m1/s1. The van der Waals surface area contributed by atoms with Crippen LogP contribution in [0.4, 0.5) is 10.1 Å². The Morgan fingerprint density at radius 3 is 2.37 bits per heavy atom. The van der Waals surface area contributed by atoms with E-state index in [0.717, 1.165) is 18.5 Å². The Kier molecular flexibility index (Phi) is 6.25. The molecular formula is C15H24FNO2. The number of nitrogens with zero attached hydrogens (tertiary/aromatic N) is 1. The first kappa shape index (κ1) is 15.9. The average molecular weight is 269 g/mol. The summed E-state index contributed by atoms with van der Waals surface area (Å²) in [6.07, 6.45) is 1.14. The third-order valence-electron chi connectivity index (χ3n) is 3.47. The number of aliphatic hydroxyl groups excluding tert-OH is 2. The summed E-state index contributed by atoms with van der Waals surface area (Å²) < 4.78 is 13.3. The van der Waals surface area contributed by atoms with Crippen molar-refractivity contribution in [2.45, 2.75) is 45.8 Å². The highest BCUT2D eigenvalue weighted by atomic mass is 19.1. The van der Waals surface area contributed by atoms with Gasteiger partial charge in [-0.25, -0.2) is 4.39 Å². The van der Waals surface area contributed by atoms with Crippen molar-refractivity contribution in [1.82, 2.24) is 0 Å². The van der Waals surface area contributed by atoms with E-state index in [-0.39, 0.29) is 18.5 Å². The van der Waals surface area contributed by atoms with Crippen molar-refractivity contribution in [2.24, 2.45) is 0 Å². The fourth-order valence-electron chi connectivity index (χ4n) is 2.46. The van der Waals surface area contributed by atoms with Crippen LogP contribution in [0, 0.1) is 5.82 Å². The number of aliphatic hydroxyl groups is 2. The van der Waals surface area contributed by atoms with E-state index in [0.29, 0.717) is 12.1 Å². The molecule has 0 fully saturated rings. The van der Waals surface area contributed by atoms with Crippen molar-refractivity contribution in [3.8, 4) is 0 Å². The molecule has 0 aliphatic heterocycles. The molecule has 4 heteroatoms. The molecule has 2 N–H and O–H groups in total. The van der Waals surface area contributed by atoms with E-state index in [1.807, 2.05) is 0 Å². The lowest BCUT2D eigenvalue weighted by molar-refractivity contribution is 0.198. The maximum atomic E-state index is 13.3. The highest BCUT2D eigenvalue weighted by Crippen LogP contribution is 2.30. The van der Waals surface area contributed by atoms with Crippen LogP contribution in [-0.4, -0.2) is 29.4 Å². The molecule has 0 saturated heterocycles. The van der Waals surface area contributed by atoms with Crippen molar-refractivity contribution in [3.63, 3.8) is 0 Å². The van der Waals surface area contributed by atoms with Crippen molar-refractivity contribution in [3.05, 3.63) is 29.6 Å². The van der Waals surface area contributed by atoms with E-state index in [1.54, 1.807) is 13.0 Å². The number of hydrogen-bond donors (Lipinski definition) is 2. The summed E-state index contributed by atoms with van der Waals surface area (Å²) in [4.78, 5) is 2.06. The molecule has 0 saturated carbocycles. The number of halogens is 1. The molecule has 0 unspecified atom stereocenters. The van der Waals surface area contributed by atoms with Gasteiger partial charge in [0.1, 0.15) is 5.82 Å². The highest BCUT2D eigenvalue weighted by molar-refractivity contribution is 5.55. The summed E-state index contributed by atoms with van der Waals surface area (Å²) in [5, 5.41) is 19.1. The Morgan fingerprint density at radius 1 is 1.26 bits per heavy atom. The zero-order valence-electron chi connectivity index (χ0n) is 11.9. The number of rotatable bonds is 7. The molecule has 1 atom stereocenters. The molecule has 0 amide bonds. The SMILES string of the molecule is CCC(CC)N(CCO)c1ccc(F)cc1[C@@H](C)O. The molecule has 0 radical (unpaired) electrons. The lowest BCUT2D eigenvalue weighted by Gasteiger charge is -2.34. The Bertz CT molecular complexity index is 392. The Labute approximate surface area is 114 Å². The van der Waals surface area contributed by atoms with Crippen LogP contribution in [0.5, 0.6) is 0 Å². The van der Waals surface area contributed by atoms with Crippen molar-refractivity contribution in [1.29, 1.82) is 0 Å². The third kappa shape index (κ3) is 3.91. The van der Waals surface area contributed by atoms with Crippen LogP contribution in [-0.2, 0) is 0 Å². The highest BCUT2D eigenvalue weighted by Gasteiger charge is 2.20. The lowest BCUT2D eigenvalue weighted by Crippen LogP contribution is -2.37. The molecule has 0 aromatic heterocycles. The second kappa shape index (κ2) is 7.46. The van der Waals surface area contributed by atoms with Crippen LogP contribution in [0.25, 0.3) is 0 Å². The van der Waals surface area contributed by atoms with Gasteiger partial charge in [0.25, 0.3) is 0 Å². The molecular weight excluding hydrogens is 245 g/mol. The Morgan fingerprint density at radius 2 is 1.89 bits per heavy atom. The summed E-state index contributed by atoms with van der Waals surface area (Å²) >= 11 is 0. The average Bonchev–Trinajstić information content (AvgIpc) is 2.39. The van der Waals surface area contributed by atoms with E-state index in [4.69, 9.17) is 0 Å². The van der Waals surface area contributed by atoms with Crippen molar-refractivity contribution in [2.75, 3.05) is 18.1 Å². The monoisotopic (exact) mass is 269 g/mol. The fraction of sp³-hybridized carbons (Fsp3) is 0.600. The van der Waals surface area contributed by atoms with E-state index >= 15 is 0 Å². The maximum absolute atomic E-state index is 13.3. The van der Waals surface area contributed by atoms with Crippen LogP contribution in [0.2, 0.25) is 0 Å². The van der Waals surface area contributed by atoms with Gasteiger partial charge in [0.2, 0.25) is 0 Å². The molecule has 1 aromatic rings. The summed E-state index contributed by atoms with van der Waals surface area (Å²) in [7, 11) is 0. The minimum atomic E-state index is -0.735. The maximum Gasteiger partial charge on any atom is 0.123 e. The zero-order chi connectivity index (χ0) is 14.4. The van der Waals surface area contributed by atoms with Gasteiger partial charge < -0.3 is 15.1 Å². The first-order valence-corrected chi connectivity index (χ1v) is 6.90. The number of anilines is 1. The molecule has 0 heterocycles. The Hall–Kier alpha value is -1.13. The fourth-order valence-corrected chi connectivity index (χ4v) is 2.46. The van der Waals surface area contributed by atoms with E-state index in [9.17, 15) is 14.6 Å². The number of benzene rings is 1. The van der Waals surface area contributed by atoms with Gasteiger partial charge in [0.05, 0.1) is 12.7 Å². The van der Waals surface area contributed by atoms with Gasteiger partial charge in [0.15, 0.2) is 0 Å². The molecule has 19 heavy (non-hydrogen) atoms. The molecule has 1 aromatic carbocycles. The van der Waals surface area contributed by atoms with E-state index < -0.39 is 6.10 Å². The van der Waals surface area contributed by atoms with Crippen molar-refractivity contribution >= 4 is 5.69 Å². The van der Waals surface area contributed by atoms with Gasteiger partial charge in [0, 0.05) is 23.8 Å². The largest absolute Gasteiger partial charge is 0.395 e. The van der Waals surface area contributed by atoms with Crippen LogP contribution < -0.4 is 4.90 Å². The van der Waals surface area contributed by atoms with Crippen LogP contribution >= 0.6 is 0 Å². The molecule has 3 nitrogen and oxygen atoms in total. The first-order valence-electron chi connectivity index (χ1n) is 6.90. The van der Waals surface area contributed by atoms with Gasteiger partial charge in [-0.05, 0) is 38.0 Å². The van der Waals surface area contributed by atoms with Crippen LogP contribution in [0.3, 0.4) is 0 Å². The van der Waals surface area contributed by atoms with Crippen molar-refractivity contribution < 1.29 is 14.6 Å². The second-order valence-electron chi connectivity index (χ2n) is 4.77. The zero-order valence-corrected chi connectivity index (χ0v) is 11.9. The molecule has 0 aliphatic rings. The minimum Gasteiger partial charge on any atom is -0.395 e. The van der Waals surface area contributed by atoms with Gasteiger partial charge in [-0.2, -0.15) is 0 Å². The smallest absolute Gasteiger partial charge is 0.123 e. The predicted molar refractivity (Wildman–Crippen MR) is 75.8 cm³/mol. The molecule has 0 spiro atoms. The number of hydrogen-bond acceptors (Lipinski definition) is 3. The molecule has 0 bridgehead atoms. The van der Waals surface area contributed by atoms with Crippen LogP contribution in [0.15, 0.2) is 18.2 Å². The molecule has 1 rings (SSSR count). The summed E-state index contributed by atoms with van der Waals surface area (Å²) in [5.74, 6) is -0.354. The summed E-state index contributed by atoms with van der Waals surface area (Å²) in [6, 6.07) is 4.72. The van der Waals surface area contributed by atoms with Gasteiger partial charge >= 0.3 is 0 Å². The molecule has 108 valence electrons. The predicted octanol–water partition coefficient (Wildman–Crippen LogP) is 2.87. The molecule has 0 aliphatic carbocycles. The topological polar surface area (TPSA) is 43.7 Å². The minimum absolute atomic E-state index is 0.0348. The van der Waals surface area contributed by atoms with E-state index in [2.05, 4.69) is 18.7 Å². The van der Waals surface area contributed by atoms with Crippen LogP contribution in [0.1, 0.15) is 45.3 Å². The third-order valence-corrected chi connectivity index (χ3v) is 3.47.